The first-order chi connectivity index (χ1) is 7.54. The van der Waals surface area contributed by atoms with Crippen LogP contribution in [-0.2, 0) is 19.1 Å². The van der Waals surface area contributed by atoms with Gasteiger partial charge in [-0.2, -0.15) is 0 Å². The average molecular weight is 223 g/mol. The molecule has 0 atom stereocenters. The van der Waals surface area contributed by atoms with Crippen LogP contribution in [0.1, 0.15) is 13.3 Å². The second-order valence-corrected chi connectivity index (χ2v) is 3.34. The minimum atomic E-state index is -0.320. The second kappa shape index (κ2) is 5.25. The summed E-state index contributed by atoms with van der Waals surface area (Å²) in [5.74, 6) is -0.682. The third-order valence-electron chi connectivity index (χ3n) is 2.12. The van der Waals surface area contributed by atoms with E-state index < -0.39 is 0 Å². The number of carbonyl (C=O) groups excluding carboxylic acids is 3. The van der Waals surface area contributed by atoms with E-state index in [0.29, 0.717) is 18.5 Å². The summed E-state index contributed by atoms with van der Waals surface area (Å²) in [6, 6.07) is 0. The highest BCUT2D eigenvalue weighted by molar-refractivity contribution is 6.19. The minimum absolute atomic E-state index is 0.0493. The SMILES string of the molecule is COC1=CC(=O)C(CCNC(C)=O)=CC1=O. The van der Waals surface area contributed by atoms with Crippen LogP contribution in [0.15, 0.2) is 23.5 Å². The van der Waals surface area contributed by atoms with Crippen LogP contribution in [-0.4, -0.2) is 31.1 Å². The number of hydrogen-bond acceptors (Lipinski definition) is 4. The largest absolute Gasteiger partial charge is 0.493 e. The predicted molar refractivity (Wildman–Crippen MR) is 56.5 cm³/mol. The molecule has 0 aromatic rings. The van der Waals surface area contributed by atoms with Crippen molar-refractivity contribution < 1.29 is 19.1 Å². The van der Waals surface area contributed by atoms with E-state index in [-0.39, 0.29) is 23.2 Å². The molecule has 0 saturated carbocycles. The third-order valence-corrected chi connectivity index (χ3v) is 2.12. The van der Waals surface area contributed by atoms with Gasteiger partial charge in [0.2, 0.25) is 11.7 Å². The van der Waals surface area contributed by atoms with E-state index in [2.05, 4.69) is 5.32 Å². The van der Waals surface area contributed by atoms with Crippen molar-refractivity contribution in [2.24, 2.45) is 0 Å². The van der Waals surface area contributed by atoms with Crippen LogP contribution >= 0.6 is 0 Å². The molecule has 5 nitrogen and oxygen atoms in total. The van der Waals surface area contributed by atoms with Crippen LogP contribution in [0.5, 0.6) is 0 Å². The average Bonchev–Trinajstić information content (AvgIpc) is 2.22. The lowest BCUT2D eigenvalue weighted by atomic mass is 9.99. The Kier molecular flexibility index (Phi) is 3.99. The number of ketones is 2. The Balaban J connectivity index is 2.60. The lowest BCUT2D eigenvalue weighted by molar-refractivity contribution is -0.119. The highest BCUT2D eigenvalue weighted by atomic mass is 16.5. The number of amides is 1. The Bertz CT molecular complexity index is 393. The first-order valence-corrected chi connectivity index (χ1v) is 4.84. The maximum absolute atomic E-state index is 11.5. The number of nitrogens with one attached hydrogen (secondary N) is 1. The van der Waals surface area contributed by atoms with Crippen LogP contribution in [0.25, 0.3) is 0 Å². The molecule has 5 heteroatoms. The lowest BCUT2D eigenvalue weighted by Crippen LogP contribution is -2.23. The van der Waals surface area contributed by atoms with E-state index in [1.807, 2.05) is 0 Å². The van der Waals surface area contributed by atoms with Gasteiger partial charge < -0.3 is 10.1 Å². The molecule has 0 heterocycles. The van der Waals surface area contributed by atoms with Crippen LogP contribution in [0.3, 0.4) is 0 Å². The van der Waals surface area contributed by atoms with Gasteiger partial charge >= 0.3 is 0 Å². The molecule has 0 radical (unpaired) electrons. The molecule has 1 rings (SSSR count). The molecule has 0 aromatic heterocycles. The smallest absolute Gasteiger partial charge is 0.220 e. The number of methoxy groups -OCH3 is 1. The van der Waals surface area contributed by atoms with Gasteiger partial charge in [0.15, 0.2) is 11.5 Å². The van der Waals surface area contributed by atoms with Crippen molar-refractivity contribution in [3.05, 3.63) is 23.5 Å². The summed E-state index contributed by atoms with van der Waals surface area (Å²) in [6.45, 7) is 1.74. The monoisotopic (exact) mass is 223 g/mol. The van der Waals surface area contributed by atoms with Gasteiger partial charge in [-0.15, -0.1) is 0 Å². The van der Waals surface area contributed by atoms with Crippen LogP contribution in [0.4, 0.5) is 0 Å². The molecule has 0 fully saturated rings. The zero-order valence-corrected chi connectivity index (χ0v) is 9.20. The summed E-state index contributed by atoms with van der Waals surface area (Å²) in [7, 11) is 1.34. The molecule has 0 bridgehead atoms. The molecule has 0 saturated heterocycles. The van der Waals surface area contributed by atoms with E-state index in [9.17, 15) is 14.4 Å². The van der Waals surface area contributed by atoms with Crippen molar-refractivity contribution in [2.75, 3.05) is 13.7 Å². The first kappa shape index (κ1) is 12.2. The van der Waals surface area contributed by atoms with E-state index in [1.54, 1.807) is 0 Å². The van der Waals surface area contributed by atoms with Gasteiger partial charge in [0.1, 0.15) is 0 Å². The van der Waals surface area contributed by atoms with Gasteiger partial charge in [0.25, 0.3) is 0 Å². The van der Waals surface area contributed by atoms with E-state index >= 15 is 0 Å². The molecule has 1 aliphatic rings. The highest BCUT2D eigenvalue weighted by Gasteiger charge is 2.20. The Labute approximate surface area is 93.2 Å². The van der Waals surface area contributed by atoms with Crippen molar-refractivity contribution >= 4 is 17.5 Å². The molecule has 0 aromatic carbocycles. The van der Waals surface area contributed by atoms with Gasteiger partial charge in [-0.3, -0.25) is 14.4 Å². The topological polar surface area (TPSA) is 72.5 Å². The molecular formula is C11H13NO4. The van der Waals surface area contributed by atoms with Gasteiger partial charge in [0.05, 0.1) is 7.11 Å². The standard InChI is InChI=1S/C11H13NO4/c1-7(13)12-4-3-8-5-10(15)11(16-2)6-9(8)14/h5-6H,3-4H2,1-2H3,(H,12,13). The molecule has 0 unspecified atom stereocenters. The zero-order chi connectivity index (χ0) is 12.1. The van der Waals surface area contributed by atoms with Crippen LogP contribution in [0, 0.1) is 0 Å². The van der Waals surface area contributed by atoms with E-state index in [1.165, 1.54) is 26.2 Å². The van der Waals surface area contributed by atoms with E-state index in [0.717, 1.165) is 0 Å². The summed E-state index contributed by atoms with van der Waals surface area (Å²) in [6.07, 6.45) is 2.77. The molecule has 86 valence electrons. The molecule has 0 aliphatic heterocycles. The second-order valence-electron chi connectivity index (χ2n) is 3.34. The summed E-state index contributed by atoms with van der Waals surface area (Å²) < 4.78 is 4.74. The van der Waals surface area contributed by atoms with Crippen molar-refractivity contribution in [1.29, 1.82) is 0 Å². The summed E-state index contributed by atoms with van der Waals surface area (Å²) >= 11 is 0. The molecule has 1 amide bonds. The van der Waals surface area contributed by atoms with Crippen molar-refractivity contribution in [2.45, 2.75) is 13.3 Å². The Morgan fingerprint density at radius 1 is 1.31 bits per heavy atom. The van der Waals surface area contributed by atoms with Gasteiger partial charge in [0, 0.05) is 25.1 Å². The number of ether oxygens (including phenoxy) is 1. The number of allylic oxidation sites excluding steroid dienone is 2. The van der Waals surface area contributed by atoms with Crippen molar-refractivity contribution in [3.63, 3.8) is 0 Å². The summed E-state index contributed by atoms with van der Waals surface area (Å²) in [5.41, 5.74) is 0.388. The maximum Gasteiger partial charge on any atom is 0.220 e. The van der Waals surface area contributed by atoms with Gasteiger partial charge in [-0.25, -0.2) is 0 Å². The molecule has 1 aliphatic carbocycles. The minimum Gasteiger partial charge on any atom is -0.493 e. The van der Waals surface area contributed by atoms with E-state index in [4.69, 9.17) is 4.74 Å². The first-order valence-electron chi connectivity index (χ1n) is 4.84. The summed E-state index contributed by atoms with van der Waals surface area (Å²) in [5, 5.41) is 2.56. The lowest BCUT2D eigenvalue weighted by Gasteiger charge is -2.11. The van der Waals surface area contributed by atoms with Gasteiger partial charge in [-0.05, 0) is 12.5 Å². The van der Waals surface area contributed by atoms with Gasteiger partial charge in [-0.1, -0.05) is 0 Å². The molecular weight excluding hydrogens is 210 g/mol. The summed E-state index contributed by atoms with van der Waals surface area (Å²) in [4.78, 5) is 33.5. The molecule has 1 N–H and O–H groups in total. The fraction of sp³-hybridized carbons (Fsp3) is 0.364. The Hall–Kier alpha value is -1.91. The molecule has 16 heavy (non-hydrogen) atoms. The molecule has 0 spiro atoms. The van der Waals surface area contributed by atoms with Crippen LogP contribution < -0.4 is 5.32 Å². The normalized spacial score (nSPS) is 15.4. The predicted octanol–water partition coefficient (Wildman–Crippen LogP) is 0.121. The van der Waals surface area contributed by atoms with Crippen LogP contribution in [0.2, 0.25) is 0 Å². The maximum atomic E-state index is 11.5. The number of hydrogen-bond donors (Lipinski definition) is 1. The third kappa shape index (κ3) is 3.05. The Morgan fingerprint density at radius 3 is 2.56 bits per heavy atom. The fourth-order valence-electron chi connectivity index (χ4n) is 1.31. The zero-order valence-electron chi connectivity index (χ0n) is 9.20. The Morgan fingerprint density at radius 2 is 2.00 bits per heavy atom. The number of carbonyl (C=O) groups is 3. The quantitative estimate of drug-likeness (QED) is 0.687. The fourth-order valence-corrected chi connectivity index (χ4v) is 1.31. The number of rotatable bonds is 4. The highest BCUT2D eigenvalue weighted by Crippen LogP contribution is 2.14. The van der Waals surface area contributed by atoms with Crippen molar-refractivity contribution in [1.82, 2.24) is 5.32 Å². The van der Waals surface area contributed by atoms with Crippen molar-refractivity contribution in [3.8, 4) is 0 Å².